The number of carboxylic acid groups (broad SMARTS) is 1. The van der Waals surface area contributed by atoms with Crippen molar-refractivity contribution in [3.05, 3.63) is 40.1 Å². The van der Waals surface area contributed by atoms with Crippen molar-refractivity contribution in [2.24, 2.45) is 0 Å². The van der Waals surface area contributed by atoms with Crippen molar-refractivity contribution >= 4 is 50.9 Å². The molecule has 0 spiro atoms. The molecule has 8 heteroatoms. The second kappa shape index (κ2) is 5.59. The molecule has 0 aliphatic heterocycles. The van der Waals surface area contributed by atoms with Gasteiger partial charge in [0.25, 0.3) is 0 Å². The Kier molecular flexibility index (Phi) is 3.79. The van der Waals surface area contributed by atoms with Crippen LogP contribution in [0.2, 0.25) is 5.02 Å². The minimum Gasteiger partial charge on any atom is -0.477 e. The number of aromatic nitrogens is 3. The Hall–Kier alpha value is -1.70. The Morgan fingerprint density at radius 2 is 2.14 bits per heavy atom. The van der Waals surface area contributed by atoms with Gasteiger partial charge in [-0.25, -0.2) is 19.7 Å². The summed E-state index contributed by atoms with van der Waals surface area (Å²) in [5, 5.41) is 12.0. The molecular formula is C13H8ClN3O2S2. The SMILES string of the molecule is Cc1c(C(=O)O)sc2ncnc(Sc3ccc(Cl)cn3)c12. The fraction of sp³-hybridized carbons (Fsp3) is 0.0769. The molecule has 5 nitrogen and oxygen atoms in total. The van der Waals surface area contributed by atoms with E-state index in [1.54, 1.807) is 25.3 Å². The van der Waals surface area contributed by atoms with Crippen molar-refractivity contribution in [3.8, 4) is 0 Å². The number of hydrogen-bond acceptors (Lipinski definition) is 6. The van der Waals surface area contributed by atoms with Crippen LogP contribution < -0.4 is 0 Å². The third kappa shape index (κ3) is 2.72. The van der Waals surface area contributed by atoms with E-state index < -0.39 is 5.97 Å². The first kappa shape index (κ1) is 14.2. The average molecular weight is 338 g/mol. The number of aromatic carboxylic acids is 1. The summed E-state index contributed by atoms with van der Waals surface area (Å²) in [7, 11) is 0. The van der Waals surface area contributed by atoms with Crippen LogP contribution >= 0.6 is 34.7 Å². The molecule has 3 aromatic heterocycles. The second-order valence-corrected chi connectivity index (χ2v) is 6.58. The van der Waals surface area contributed by atoms with Crippen LogP contribution in [0.5, 0.6) is 0 Å². The largest absolute Gasteiger partial charge is 0.477 e. The van der Waals surface area contributed by atoms with Crippen molar-refractivity contribution in [2.75, 3.05) is 0 Å². The van der Waals surface area contributed by atoms with Crippen molar-refractivity contribution in [1.82, 2.24) is 15.0 Å². The van der Waals surface area contributed by atoms with E-state index in [2.05, 4.69) is 15.0 Å². The molecule has 0 atom stereocenters. The van der Waals surface area contributed by atoms with Gasteiger partial charge in [0, 0.05) is 11.6 Å². The van der Waals surface area contributed by atoms with E-state index in [-0.39, 0.29) is 4.88 Å². The zero-order chi connectivity index (χ0) is 15.0. The lowest BCUT2D eigenvalue weighted by Crippen LogP contribution is -1.94. The summed E-state index contributed by atoms with van der Waals surface area (Å²) in [5.41, 5.74) is 0.680. The van der Waals surface area contributed by atoms with Gasteiger partial charge >= 0.3 is 5.97 Å². The maximum Gasteiger partial charge on any atom is 0.346 e. The van der Waals surface area contributed by atoms with Gasteiger partial charge in [0.2, 0.25) is 0 Å². The van der Waals surface area contributed by atoms with Gasteiger partial charge in [0.05, 0.1) is 5.02 Å². The van der Waals surface area contributed by atoms with Crippen molar-refractivity contribution < 1.29 is 9.90 Å². The molecule has 0 aliphatic carbocycles. The fourth-order valence-corrected chi connectivity index (χ4v) is 3.90. The summed E-state index contributed by atoms with van der Waals surface area (Å²) >= 11 is 8.32. The summed E-state index contributed by atoms with van der Waals surface area (Å²) in [6, 6.07) is 3.54. The van der Waals surface area contributed by atoms with E-state index in [0.29, 0.717) is 20.4 Å². The Morgan fingerprint density at radius 3 is 2.81 bits per heavy atom. The summed E-state index contributed by atoms with van der Waals surface area (Å²) in [6.07, 6.45) is 2.99. The van der Waals surface area contributed by atoms with Crippen LogP contribution in [0.15, 0.2) is 34.7 Å². The lowest BCUT2D eigenvalue weighted by atomic mass is 10.2. The number of carbonyl (C=O) groups is 1. The summed E-state index contributed by atoms with van der Waals surface area (Å²) in [4.78, 5) is 24.8. The van der Waals surface area contributed by atoms with Gasteiger partial charge in [-0.2, -0.15) is 0 Å². The van der Waals surface area contributed by atoms with Crippen molar-refractivity contribution in [2.45, 2.75) is 17.0 Å². The molecule has 0 amide bonds. The number of fused-ring (bicyclic) bond motifs is 1. The molecule has 0 bridgehead atoms. The predicted molar refractivity (Wildman–Crippen MR) is 82.5 cm³/mol. The minimum absolute atomic E-state index is 0.288. The quantitative estimate of drug-likeness (QED) is 0.730. The molecular weight excluding hydrogens is 330 g/mol. The second-order valence-electron chi connectivity index (χ2n) is 4.14. The first-order valence-corrected chi connectivity index (χ1v) is 7.84. The van der Waals surface area contributed by atoms with Gasteiger partial charge in [-0.05, 0) is 36.4 Å². The van der Waals surface area contributed by atoms with E-state index in [1.165, 1.54) is 18.1 Å². The van der Waals surface area contributed by atoms with Crippen LogP contribution in [0, 0.1) is 6.92 Å². The highest BCUT2D eigenvalue weighted by molar-refractivity contribution is 7.99. The van der Waals surface area contributed by atoms with E-state index >= 15 is 0 Å². The number of hydrogen-bond donors (Lipinski definition) is 1. The molecule has 3 rings (SSSR count). The first-order valence-electron chi connectivity index (χ1n) is 5.83. The number of pyridine rings is 1. The van der Waals surface area contributed by atoms with Crippen LogP contribution in [0.4, 0.5) is 0 Å². The number of rotatable bonds is 3. The highest BCUT2D eigenvalue weighted by atomic mass is 35.5. The molecule has 0 unspecified atom stereocenters. The zero-order valence-electron chi connectivity index (χ0n) is 10.7. The molecule has 21 heavy (non-hydrogen) atoms. The van der Waals surface area contributed by atoms with E-state index in [9.17, 15) is 9.90 Å². The fourth-order valence-electron chi connectivity index (χ4n) is 1.84. The predicted octanol–water partition coefficient (Wildman–Crippen LogP) is 3.90. The lowest BCUT2D eigenvalue weighted by Gasteiger charge is -2.02. The third-order valence-corrected chi connectivity index (χ3v) is 5.15. The topological polar surface area (TPSA) is 76.0 Å². The lowest BCUT2D eigenvalue weighted by molar-refractivity contribution is 0.0701. The maximum atomic E-state index is 11.2. The number of carboxylic acids is 1. The molecule has 3 aromatic rings. The van der Waals surface area contributed by atoms with E-state index in [0.717, 1.165) is 21.7 Å². The molecule has 106 valence electrons. The Labute approximate surface area is 133 Å². The van der Waals surface area contributed by atoms with Gasteiger partial charge in [0.15, 0.2) is 0 Å². The molecule has 0 radical (unpaired) electrons. The van der Waals surface area contributed by atoms with Crippen LogP contribution in [0.1, 0.15) is 15.2 Å². The minimum atomic E-state index is -0.948. The average Bonchev–Trinajstić information content (AvgIpc) is 2.80. The van der Waals surface area contributed by atoms with E-state index in [1.807, 2.05) is 0 Å². The monoisotopic (exact) mass is 337 g/mol. The standard InChI is InChI=1S/C13H8ClN3O2S2/c1-6-9-11(20-8-3-2-7(14)4-15-8)16-5-17-12(9)21-10(6)13(18)19/h2-5H,1H3,(H,18,19). The highest BCUT2D eigenvalue weighted by Gasteiger charge is 2.19. The molecule has 3 heterocycles. The smallest absolute Gasteiger partial charge is 0.346 e. The number of aryl methyl sites for hydroxylation is 1. The summed E-state index contributed by atoms with van der Waals surface area (Å²) in [5.74, 6) is -0.948. The van der Waals surface area contributed by atoms with Crippen LogP contribution in [-0.2, 0) is 0 Å². The maximum absolute atomic E-state index is 11.2. The third-order valence-electron chi connectivity index (χ3n) is 2.79. The van der Waals surface area contributed by atoms with Crippen molar-refractivity contribution in [1.29, 1.82) is 0 Å². The first-order chi connectivity index (χ1) is 10.1. The van der Waals surface area contributed by atoms with Crippen LogP contribution in [-0.4, -0.2) is 26.0 Å². The zero-order valence-corrected chi connectivity index (χ0v) is 13.1. The van der Waals surface area contributed by atoms with Crippen LogP contribution in [0.25, 0.3) is 10.2 Å². The van der Waals surface area contributed by atoms with Gasteiger partial charge in [-0.1, -0.05) is 11.6 Å². The molecule has 0 aromatic carbocycles. The number of nitrogens with zero attached hydrogens (tertiary/aromatic N) is 3. The normalized spacial score (nSPS) is 11.0. The Morgan fingerprint density at radius 1 is 1.33 bits per heavy atom. The molecule has 0 aliphatic rings. The van der Waals surface area contributed by atoms with E-state index in [4.69, 9.17) is 11.6 Å². The molecule has 1 N–H and O–H groups in total. The molecule has 0 fully saturated rings. The summed E-state index contributed by atoms with van der Waals surface area (Å²) < 4.78 is 0. The van der Waals surface area contributed by atoms with Crippen LogP contribution in [0.3, 0.4) is 0 Å². The number of halogens is 1. The Balaban J connectivity index is 2.10. The Bertz CT molecular complexity index is 833. The van der Waals surface area contributed by atoms with Gasteiger partial charge in [-0.15, -0.1) is 11.3 Å². The highest BCUT2D eigenvalue weighted by Crippen LogP contribution is 2.37. The molecule has 0 saturated heterocycles. The van der Waals surface area contributed by atoms with Gasteiger partial charge in [-0.3, -0.25) is 0 Å². The molecule has 0 saturated carbocycles. The summed E-state index contributed by atoms with van der Waals surface area (Å²) in [6.45, 7) is 1.77. The van der Waals surface area contributed by atoms with Gasteiger partial charge in [0.1, 0.15) is 26.1 Å². The number of thiophene rings is 1. The van der Waals surface area contributed by atoms with Crippen molar-refractivity contribution in [3.63, 3.8) is 0 Å². The van der Waals surface area contributed by atoms with Gasteiger partial charge < -0.3 is 5.11 Å².